The third-order valence-electron chi connectivity index (χ3n) is 3.62. The van der Waals surface area contributed by atoms with Crippen molar-refractivity contribution in [3.8, 4) is 0 Å². The van der Waals surface area contributed by atoms with Crippen molar-refractivity contribution in [3.05, 3.63) is 11.6 Å². The van der Waals surface area contributed by atoms with E-state index in [1.165, 1.54) is 6.08 Å². The Hall–Kier alpha value is -1.12. The highest BCUT2D eigenvalue weighted by Gasteiger charge is 2.34. The molecule has 0 saturated heterocycles. The van der Waals surface area contributed by atoms with Gasteiger partial charge in [-0.2, -0.15) is 0 Å². The molecule has 0 radical (unpaired) electrons. The van der Waals surface area contributed by atoms with Crippen molar-refractivity contribution in [2.75, 3.05) is 0 Å². The lowest BCUT2D eigenvalue weighted by Crippen LogP contribution is -2.29. The molecule has 15 heavy (non-hydrogen) atoms. The van der Waals surface area contributed by atoms with E-state index >= 15 is 0 Å². The lowest BCUT2D eigenvalue weighted by atomic mass is 9.72. The van der Waals surface area contributed by atoms with Crippen molar-refractivity contribution in [1.82, 2.24) is 5.32 Å². The van der Waals surface area contributed by atoms with Gasteiger partial charge >= 0.3 is 0 Å². The maximum absolute atomic E-state index is 11.5. The molecule has 0 aromatic rings. The van der Waals surface area contributed by atoms with Crippen LogP contribution in [0, 0.1) is 17.8 Å². The summed E-state index contributed by atoms with van der Waals surface area (Å²) in [7, 11) is 0. The maximum atomic E-state index is 11.5. The third kappa shape index (κ3) is 1.96. The van der Waals surface area contributed by atoms with Gasteiger partial charge in [-0.1, -0.05) is 20.3 Å². The normalized spacial score (nSPS) is 36.4. The predicted molar refractivity (Wildman–Crippen MR) is 56.9 cm³/mol. The van der Waals surface area contributed by atoms with Gasteiger partial charge in [-0.05, 0) is 30.6 Å². The van der Waals surface area contributed by atoms with E-state index in [-0.39, 0.29) is 17.7 Å². The van der Waals surface area contributed by atoms with Gasteiger partial charge in [0.1, 0.15) is 0 Å². The number of nitrogens with one attached hydrogen (secondary N) is 1. The summed E-state index contributed by atoms with van der Waals surface area (Å²) in [5.41, 5.74) is 0.708. The van der Waals surface area contributed by atoms with Crippen LogP contribution in [0.2, 0.25) is 0 Å². The lowest BCUT2D eigenvalue weighted by molar-refractivity contribution is -0.124. The molecular weight excluding hydrogens is 190 g/mol. The number of amides is 2. The van der Waals surface area contributed by atoms with Gasteiger partial charge < -0.3 is 0 Å². The summed E-state index contributed by atoms with van der Waals surface area (Å²) in [6.07, 6.45) is 4.84. The maximum Gasteiger partial charge on any atom is 0.254 e. The van der Waals surface area contributed by atoms with Crippen LogP contribution in [0.3, 0.4) is 0 Å². The van der Waals surface area contributed by atoms with Gasteiger partial charge in [-0.15, -0.1) is 0 Å². The summed E-state index contributed by atoms with van der Waals surface area (Å²) in [6.45, 7) is 4.43. The van der Waals surface area contributed by atoms with Crippen molar-refractivity contribution in [3.63, 3.8) is 0 Å². The summed E-state index contributed by atoms with van der Waals surface area (Å²) in [5, 5.41) is 2.33. The van der Waals surface area contributed by atoms with Gasteiger partial charge in [0.2, 0.25) is 0 Å². The Morgan fingerprint density at radius 2 is 2.00 bits per heavy atom. The van der Waals surface area contributed by atoms with E-state index < -0.39 is 0 Å². The van der Waals surface area contributed by atoms with Crippen LogP contribution in [0.1, 0.15) is 33.1 Å². The fourth-order valence-corrected chi connectivity index (χ4v) is 2.83. The molecule has 1 aliphatic heterocycles. The van der Waals surface area contributed by atoms with E-state index in [1.807, 2.05) is 0 Å². The second kappa shape index (κ2) is 3.80. The van der Waals surface area contributed by atoms with Crippen LogP contribution < -0.4 is 5.32 Å². The Morgan fingerprint density at radius 3 is 2.53 bits per heavy atom. The molecule has 2 aliphatic rings. The highest BCUT2D eigenvalue weighted by Crippen LogP contribution is 2.38. The number of rotatable bonds is 1. The van der Waals surface area contributed by atoms with Gasteiger partial charge in [0.25, 0.3) is 11.8 Å². The van der Waals surface area contributed by atoms with Crippen molar-refractivity contribution in [2.24, 2.45) is 17.8 Å². The average molecular weight is 207 g/mol. The van der Waals surface area contributed by atoms with Crippen molar-refractivity contribution in [1.29, 1.82) is 0 Å². The molecule has 1 heterocycles. The minimum atomic E-state index is -0.249. The van der Waals surface area contributed by atoms with E-state index in [0.29, 0.717) is 11.5 Å². The van der Waals surface area contributed by atoms with E-state index in [1.54, 1.807) is 0 Å². The molecule has 3 nitrogen and oxygen atoms in total. The quantitative estimate of drug-likeness (QED) is 0.664. The minimum absolute atomic E-state index is 0.175. The summed E-state index contributed by atoms with van der Waals surface area (Å²) >= 11 is 0. The van der Waals surface area contributed by atoms with Crippen molar-refractivity contribution in [2.45, 2.75) is 33.1 Å². The third-order valence-corrected chi connectivity index (χ3v) is 3.62. The summed E-state index contributed by atoms with van der Waals surface area (Å²) < 4.78 is 0. The van der Waals surface area contributed by atoms with E-state index in [4.69, 9.17) is 0 Å². The molecule has 3 unspecified atom stereocenters. The van der Waals surface area contributed by atoms with Gasteiger partial charge in [-0.3, -0.25) is 14.9 Å². The van der Waals surface area contributed by atoms with E-state index in [0.717, 1.165) is 25.2 Å². The Balaban J connectivity index is 2.14. The van der Waals surface area contributed by atoms with Crippen molar-refractivity contribution < 1.29 is 9.59 Å². The van der Waals surface area contributed by atoms with Crippen LogP contribution in [0.5, 0.6) is 0 Å². The van der Waals surface area contributed by atoms with Gasteiger partial charge in [0.05, 0.1) is 0 Å². The molecule has 1 N–H and O–H groups in total. The fourth-order valence-electron chi connectivity index (χ4n) is 2.83. The zero-order chi connectivity index (χ0) is 11.0. The van der Waals surface area contributed by atoms with Crippen LogP contribution in [0.15, 0.2) is 11.6 Å². The van der Waals surface area contributed by atoms with E-state index in [9.17, 15) is 9.59 Å². The van der Waals surface area contributed by atoms with Crippen LogP contribution in [-0.4, -0.2) is 11.8 Å². The zero-order valence-corrected chi connectivity index (χ0v) is 9.25. The molecule has 1 fully saturated rings. The van der Waals surface area contributed by atoms with Gasteiger partial charge in [0.15, 0.2) is 0 Å². The number of carbonyl (C=O) groups excluding carboxylic acids is 2. The van der Waals surface area contributed by atoms with Crippen LogP contribution >= 0.6 is 0 Å². The number of hydrogen-bond donors (Lipinski definition) is 1. The largest absolute Gasteiger partial charge is 0.289 e. The molecule has 2 rings (SSSR count). The SMILES string of the molecule is CC1CCC(C2=CC(=O)NC2=O)C(C)C1. The molecular formula is C12H17NO2. The minimum Gasteiger partial charge on any atom is -0.289 e. The number of imide groups is 1. The second-order valence-electron chi connectivity index (χ2n) is 4.92. The molecule has 1 aliphatic carbocycles. The first kappa shape index (κ1) is 10.4. The molecule has 2 amide bonds. The van der Waals surface area contributed by atoms with Crippen LogP contribution in [0.4, 0.5) is 0 Å². The first-order chi connectivity index (χ1) is 7.08. The molecule has 3 heteroatoms. The summed E-state index contributed by atoms with van der Waals surface area (Å²) in [5.74, 6) is 1.12. The highest BCUT2D eigenvalue weighted by molar-refractivity contribution is 6.16. The predicted octanol–water partition coefficient (Wildman–Crippen LogP) is 1.64. The smallest absolute Gasteiger partial charge is 0.254 e. The fraction of sp³-hybridized carbons (Fsp3) is 0.667. The molecule has 82 valence electrons. The van der Waals surface area contributed by atoms with Gasteiger partial charge in [-0.25, -0.2) is 0 Å². The first-order valence-corrected chi connectivity index (χ1v) is 5.65. The molecule has 0 spiro atoms. The molecule has 0 aromatic carbocycles. The molecule has 3 atom stereocenters. The Bertz CT molecular complexity index is 333. The average Bonchev–Trinajstić information content (AvgIpc) is 2.45. The topological polar surface area (TPSA) is 46.2 Å². The number of hydrogen-bond acceptors (Lipinski definition) is 2. The Labute approximate surface area is 89.9 Å². The van der Waals surface area contributed by atoms with Crippen LogP contribution in [-0.2, 0) is 9.59 Å². The molecule has 0 aromatic heterocycles. The van der Waals surface area contributed by atoms with Crippen molar-refractivity contribution >= 4 is 11.8 Å². The van der Waals surface area contributed by atoms with E-state index in [2.05, 4.69) is 19.2 Å². The molecule has 0 bridgehead atoms. The second-order valence-corrected chi connectivity index (χ2v) is 4.92. The monoisotopic (exact) mass is 207 g/mol. The lowest BCUT2D eigenvalue weighted by Gasteiger charge is -2.32. The van der Waals surface area contributed by atoms with Crippen LogP contribution in [0.25, 0.3) is 0 Å². The number of carbonyl (C=O) groups is 2. The highest BCUT2D eigenvalue weighted by atomic mass is 16.2. The molecule has 1 saturated carbocycles. The standard InChI is InChI=1S/C12H17NO2/c1-7-3-4-9(8(2)5-7)10-6-11(14)13-12(10)15/h6-9H,3-5H2,1-2H3,(H,13,14,15). The summed E-state index contributed by atoms with van der Waals surface area (Å²) in [6, 6.07) is 0. The van der Waals surface area contributed by atoms with Gasteiger partial charge in [0, 0.05) is 11.6 Å². The Kier molecular flexibility index (Phi) is 2.63. The first-order valence-electron chi connectivity index (χ1n) is 5.65. The Morgan fingerprint density at radius 1 is 1.27 bits per heavy atom. The summed E-state index contributed by atoms with van der Waals surface area (Å²) in [4.78, 5) is 22.6. The zero-order valence-electron chi connectivity index (χ0n) is 9.25.